The minimum Gasteiger partial charge on any atom is -0.321 e. The molecule has 2 atom stereocenters. The smallest absolute Gasteiger partial charge is 0.321 e. The lowest BCUT2D eigenvalue weighted by atomic mass is 9.93. The highest BCUT2D eigenvalue weighted by atomic mass is 32.2. The van der Waals surface area contributed by atoms with E-state index < -0.39 is 10.8 Å². The number of hydrogen-bond donors (Lipinski definition) is 1. The summed E-state index contributed by atoms with van der Waals surface area (Å²) >= 11 is 0. The van der Waals surface area contributed by atoms with Gasteiger partial charge < -0.3 is 10.2 Å². The number of carbonyl (C=O) groups excluding carboxylic acids is 1. The molecule has 2 amide bonds. The highest BCUT2D eigenvalue weighted by Crippen LogP contribution is 2.25. The molecule has 1 N–H and O–H groups in total. The molecular weight excluding hydrogens is 296 g/mol. The Morgan fingerprint density at radius 3 is 2.77 bits per heavy atom. The first kappa shape index (κ1) is 17.0. The van der Waals surface area contributed by atoms with Crippen molar-refractivity contribution in [3.05, 3.63) is 29.8 Å². The van der Waals surface area contributed by atoms with Crippen LogP contribution in [0, 0.1) is 5.92 Å². The fourth-order valence-corrected chi connectivity index (χ4v) is 3.77. The summed E-state index contributed by atoms with van der Waals surface area (Å²) in [6.07, 6.45) is 5.01. The number of rotatable bonds is 4. The average Bonchev–Trinajstić information content (AvgIpc) is 2.48. The Labute approximate surface area is 135 Å². The van der Waals surface area contributed by atoms with Gasteiger partial charge in [0.25, 0.3) is 0 Å². The molecule has 0 unspecified atom stereocenters. The van der Waals surface area contributed by atoms with Crippen LogP contribution in [0.3, 0.4) is 0 Å². The summed E-state index contributed by atoms with van der Waals surface area (Å²) in [4.78, 5) is 14.6. The monoisotopic (exact) mass is 322 g/mol. The van der Waals surface area contributed by atoms with Crippen LogP contribution in [0.15, 0.2) is 24.3 Å². The Bertz CT molecular complexity index is 545. The Hall–Kier alpha value is -1.36. The molecule has 1 aliphatic rings. The fraction of sp³-hybridized carbons (Fsp3) is 0.588. The maximum absolute atomic E-state index is 12.7. The van der Waals surface area contributed by atoms with Crippen LogP contribution < -0.4 is 5.32 Å². The molecule has 5 heteroatoms. The van der Waals surface area contributed by atoms with Crippen molar-refractivity contribution in [3.8, 4) is 0 Å². The quantitative estimate of drug-likeness (QED) is 0.920. The van der Waals surface area contributed by atoms with E-state index in [2.05, 4.69) is 19.2 Å². The van der Waals surface area contributed by atoms with Crippen molar-refractivity contribution in [2.75, 3.05) is 18.1 Å². The maximum atomic E-state index is 12.7. The van der Waals surface area contributed by atoms with Gasteiger partial charge in [0.05, 0.1) is 5.75 Å². The fourth-order valence-electron chi connectivity index (χ4n) is 3.08. The second kappa shape index (κ2) is 7.77. The van der Waals surface area contributed by atoms with Gasteiger partial charge in [-0.1, -0.05) is 32.0 Å². The minimum atomic E-state index is -0.926. The van der Waals surface area contributed by atoms with E-state index >= 15 is 0 Å². The van der Waals surface area contributed by atoms with Crippen molar-refractivity contribution < 1.29 is 9.00 Å². The van der Waals surface area contributed by atoms with Gasteiger partial charge in [0, 0.05) is 35.3 Å². The Kier molecular flexibility index (Phi) is 6.00. The third-order valence-corrected chi connectivity index (χ3v) is 4.91. The Morgan fingerprint density at radius 1 is 1.36 bits per heavy atom. The highest BCUT2D eigenvalue weighted by molar-refractivity contribution is 7.83. The number of hydrogen-bond acceptors (Lipinski definition) is 2. The minimum absolute atomic E-state index is 0.0345. The molecule has 2 rings (SSSR count). The normalized spacial score (nSPS) is 20.0. The molecule has 0 radical (unpaired) electrons. The van der Waals surface area contributed by atoms with Crippen LogP contribution >= 0.6 is 0 Å². The van der Waals surface area contributed by atoms with Gasteiger partial charge in [0.1, 0.15) is 0 Å². The molecule has 1 heterocycles. The summed E-state index contributed by atoms with van der Waals surface area (Å²) < 4.78 is 11.5. The second-order valence-electron chi connectivity index (χ2n) is 6.31. The number of benzene rings is 1. The van der Waals surface area contributed by atoms with Gasteiger partial charge in [0.15, 0.2) is 0 Å². The number of likely N-dealkylation sites (tertiary alicyclic amines) is 1. The van der Waals surface area contributed by atoms with Crippen LogP contribution in [0.4, 0.5) is 10.5 Å². The molecular formula is C17H26N2O2S. The lowest BCUT2D eigenvalue weighted by Crippen LogP contribution is -2.48. The van der Waals surface area contributed by atoms with Gasteiger partial charge in [-0.25, -0.2) is 4.79 Å². The predicted octanol–water partition coefficient (Wildman–Crippen LogP) is 3.61. The number of piperidine rings is 1. The molecule has 0 bridgehead atoms. The van der Waals surface area contributed by atoms with E-state index in [0.717, 1.165) is 30.6 Å². The van der Waals surface area contributed by atoms with E-state index in [1.54, 1.807) is 6.26 Å². The van der Waals surface area contributed by atoms with Gasteiger partial charge >= 0.3 is 6.03 Å². The molecule has 0 aromatic heterocycles. The zero-order valence-electron chi connectivity index (χ0n) is 13.7. The number of carbonyl (C=O) groups is 1. The summed E-state index contributed by atoms with van der Waals surface area (Å²) in [6.45, 7) is 5.16. The van der Waals surface area contributed by atoms with E-state index in [4.69, 9.17) is 0 Å². The second-order valence-corrected chi connectivity index (χ2v) is 7.74. The summed E-state index contributed by atoms with van der Waals surface area (Å²) in [5.74, 6) is 0.925. The van der Waals surface area contributed by atoms with Crippen LogP contribution in [0.2, 0.25) is 0 Å². The molecule has 0 spiro atoms. The largest absolute Gasteiger partial charge is 0.322 e. The van der Waals surface area contributed by atoms with E-state index in [1.807, 2.05) is 29.2 Å². The number of urea groups is 1. The summed E-state index contributed by atoms with van der Waals surface area (Å²) in [5.41, 5.74) is 1.70. The zero-order valence-corrected chi connectivity index (χ0v) is 14.5. The third-order valence-electron chi connectivity index (χ3n) is 4.20. The number of para-hydroxylation sites is 1. The van der Waals surface area contributed by atoms with E-state index in [9.17, 15) is 9.00 Å². The third kappa shape index (κ3) is 4.32. The van der Waals surface area contributed by atoms with Crippen molar-refractivity contribution in [2.24, 2.45) is 5.92 Å². The Balaban J connectivity index is 2.12. The van der Waals surface area contributed by atoms with Crippen molar-refractivity contribution in [2.45, 2.75) is 44.9 Å². The lowest BCUT2D eigenvalue weighted by Gasteiger charge is -2.38. The molecule has 1 aliphatic heterocycles. The topological polar surface area (TPSA) is 49.4 Å². The number of nitrogens with one attached hydrogen (secondary N) is 1. The van der Waals surface area contributed by atoms with Crippen LogP contribution in [-0.4, -0.2) is 34.0 Å². The maximum Gasteiger partial charge on any atom is 0.322 e. The van der Waals surface area contributed by atoms with Crippen LogP contribution in [0.25, 0.3) is 0 Å². The molecule has 1 aromatic rings. The van der Waals surface area contributed by atoms with Crippen molar-refractivity contribution in [1.29, 1.82) is 0 Å². The molecule has 0 aliphatic carbocycles. The number of anilines is 1. The van der Waals surface area contributed by atoms with Crippen LogP contribution in [0.1, 0.15) is 38.7 Å². The summed E-state index contributed by atoms with van der Waals surface area (Å²) in [6, 6.07) is 7.89. The SMILES string of the molecule is CC(C)[C@H]1CCCCN1C(=O)Nc1ccccc1C[S@@](C)=O. The Morgan fingerprint density at radius 2 is 2.09 bits per heavy atom. The van der Waals surface area contributed by atoms with Crippen LogP contribution in [0.5, 0.6) is 0 Å². The molecule has 1 saturated heterocycles. The first-order valence-corrected chi connectivity index (χ1v) is 9.67. The van der Waals surface area contributed by atoms with Crippen LogP contribution in [-0.2, 0) is 16.6 Å². The highest BCUT2D eigenvalue weighted by Gasteiger charge is 2.29. The first-order valence-electron chi connectivity index (χ1n) is 7.94. The van der Waals surface area contributed by atoms with Crippen molar-refractivity contribution >= 4 is 22.5 Å². The van der Waals surface area contributed by atoms with E-state index in [-0.39, 0.29) is 6.03 Å². The lowest BCUT2D eigenvalue weighted by molar-refractivity contribution is 0.138. The van der Waals surface area contributed by atoms with Gasteiger partial charge in [-0.05, 0) is 36.8 Å². The van der Waals surface area contributed by atoms with Crippen molar-refractivity contribution in [1.82, 2.24) is 4.90 Å². The number of nitrogens with zero attached hydrogens (tertiary/aromatic N) is 1. The average molecular weight is 322 g/mol. The molecule has 0 saturated carbocycles. The molecule has 1 fully saturated rings. The van der Waals surface area contributed by atoms with Gasteiger partial charge in [0.2, 0.25) is 0 Å². The van der Waals surface area contributed by atoms with E-state index in [1.165, 1.54) is 6.42 Å². The van der Waals surface area contributed by atoms with E-state index in [0.29, 0.717) is 17.7 Å². The molecule has 22 heavy (non-hydrogen) atoms. The first-order chi connectivity index (χ1) is 10.5. The van der Waals surface area contributed by atoms with Gasteiger partial charge in [-0.2, -0.15) is 0 Å². The molecule has 1 aromatic carbocycles. The molecule has 122 valence electrons. The number of amides is 2. The predicted molar refractivity (Wildman–Crippen MR) is 92.4 cm³/mol. The zero-order chi connectivity index (χ0) is 16.1. The van der Waals surface area contributed by atoms with Gasteiger partial charge in [-0.15, -0.1) is 0 Å². The molecule has 4 nitrogen and oxygen atoms in total. The standard InChI is InChI=1S/C17H26N2O2S/c1-13(2)16-10-6-7-11-19(16)17(20)18-15-9-5-4-8-14(15)12-22(3)21/h4-5,8-9,13,16H,6-7,10-12H2,1-3H3,(H,18,20)/t16-,22-/m1/s1. The summed E-state index contributed by atoms with van der Waals surface area (Å²) in [7, 11) is -0.926. The summed E-state index contributed by atoms with van der Waals surface area (Å²) in [5, 5.41) is 3.02. The van der Waals surface area contributed by atoms with Crippen molar-refractivity contribution in [3.63, 3.8) is 0 Å². The van der Waals surface area contributed by atoms with Gasteiger partial charge in [-0.3, -0.25) is 4.21 Å².